The van der Waals surface area contributed by atoms with Crippen LogP contribution in [0.5, 0.6) is 0 Å². The number of aliphatic carboxylic acids is 1. The number of nitrogens with one attached hydrogen (secondary N) is 2. The number of tetrazole rings is 1. The predicted molar refractivity (Wildman–Crippen MR) is 78.4 cm³/mol. The standard InChI is InChI=1S/C14H14N6O2/c15-8-11(14-17-19-20-18-14)9-16-12-6-2-1-4-10(12)5-3-7-13(21)22/h1-2,4,6,9,16H,3,5,7H2,(H,21,22)(H,17,18,19,20). The number of nitrogens with zero attached hydrogens (tertiary/aromatic N) is 4. The molecule has 2 rings (SSSR count). The van der Waals surface area contributed by atoms with Crippen LogP contribution in [0.1, 0.15) is 24.2 Å². The van der Waals surface area contributed by atoms with E-state index < -0.39 is 5.97 Å². The summed E-state index contributed by atoms with van der Waals surface area (Å²) >= 11 is 0. The molecule has 0 spiro atoms. The van der Waals surface area contributed by atoms with Gasteiger partial charge in [0.15, 0.2) is 0 Å². The molecule has 8 heteroatoms. The Morgan fingerprint density at radius 2 is 2.27 bits per heavy atom. The lowest BCUT2D eigenvalue weighted by Crippen LogP contribution is -1.99. The van der Waals surface area contributed by atoms with Crippen LogP contribution in [0.3, 0.4) is 0 Å². The van der Waals surface area contributed by atoms with Crippen LogP contribution in [0.25, 0.3) is 5.57 Å². The number of para-hydroxylation sites is 1. The van der Waals surface area contributed by atoms with E-state index in [-0.39, 0.29) is 17.8 Å². The summed E-state index contributed by atoms with van der Waals surface area (Å²) in [6, 6.07) is 9.50. The van der Waals surface area contributed by atoms with Crippen molar-refractivity contribution in [2.75, 3.05) is 5.32 Å². The number of aryl methyl sites for hydroxylation is 1. The number of aromatic nitrogens is 4. The number of H-pyrrole nitrogens is 1. The summed E-state index contributed by atoms with van der Waals surface area (Å²) < 4.78 is 0. The minimum Gasteiger partial charge on any atom is -0.481 e. The highest BCUT2D eigenvalue weighted by atomic mass is 16.4. The number of carboxylic acids is 1. The van der Waals surface area contributed by atoms with Crippen molar-refractivity contribution in [3.63, 3.8) is 0 Å². The average Bonchev–Trinajstić information content (AvgIpc) is 3.03. The van der Waals surface area contributed by atoms with Crippen molar-refractivity contribution in [2.24, 2.45) is 0 Å². The van der Waals surface area contributed by atoms with Gasteiger partial charge in [-0.2, -0.15) is 10.5 Å². The van der Waals surface area contributed by atoms with E-state index in [0.717, 1.165) is 11.3 Å². The third-order valence-corrected chi connectivity index (χ3v) is 2.93. The van der Waals surface area contributed by atoms with Crippen LogP contribution in [0, 0.1) is 11.3 Å². The van der Waals surface area contributed by atoms with E-state index >= 15 is 0 Å². The maximum absolute atomic E-state index is 10.6. The molecule has 3 N–H and O–H groups in total. The summed E-state index contributed by atoms with van der Waals surface area (Å²) in [5, 5.41) is 34.0. The van der Waals surface area contributed by atoms with Gasteiger partial charge in [0, 0.05) is 18.3 Å². The third kappa shape index (κ3) is 4.14. The summed E-state index contributed by atoms with van der Waals surface area (Å²) in [5.41, 5.74) is 2.03. The van der Waals surface area contributed by atoms with Gasteiger partial charge in [0.2, 0.25) is 5.82 Å². The second kappa shape index (κ2) is 7.54. The van der Waals surface area contributed by atoms with Crippen LogP contribution < -0.4 is 5.32 Å². The number of anilines is 1. The fourth-order valence-corrected chi connectivity index (χ4v) is 1.88. The molecule has 0 aliphatic heterocycles. The van der Waals surface area contributed by atoms with E-state index in [1.807, 2.05) is 30.3 Å². The number of allylic oxidation sites excluding steroid dienone is 1. The molecule has 2 aromatic rings. The second-order valence-corrected chi connectivity index (χ2v) is 4.45. The fourth-order valence-electron chi connectivity index (χ4n) is 1.88. The van der Waals surface area contributed by atoms with Crippen LogP contribution in [0.15, 0.2) is 30.5 Å². The van der Waals surface area contributed by atoms with Crippen molar-refractivity contribution in [3.8, 4) is 6.07 Å². The summed E-state index contributed by atoms with van der Waals surface area (Å²) in [7, 11) is 0. The monoisotopic (exact) mass is 298 g/mol. The van der Waals surface area contributed by atoms with Gasteiger partial charge in [0.25, 0.3) is 0 Å². The molecule has 1 heterocycles. The van der Waals surface area contributed by atoms with Crippen LogP contribution in [-0.4, -0.2) is 31.7 Å². The van der Waals surface area contributed by atoms with E-state index in [0.29, 0.717) is 12.8 Å². The molecule has 0 saturated heterocycles. The number of carbonyl (C=O) groups is 1. The minimum atomic E-state index is -0.811. The van der Waals surface area contributed by atoms with Gasteiger partial charge in [0.05, 0.1) is 0 Å². The van der Waals surface area contributed by atoms with Gasteiger partial charge in [-0.05, 0) is 29.7 Å². The SMILES string of the molecule is N#CC(=CNc1ccccc1CCCC(=O)O)c1nn[nH]n1. The molecule has 1 aromatic heterocycles. The van der Waals surface area contributed by atoms with Crippen molar-refractivity contribution in [3.05, 3.63) is 41.9 Å². The zero-order chi connectivity index (χ0) is 15.8. The highest BCUT2D eigenvalue weighted by Gasteiger charge is 2.07. The van der Waals surface area contributed by atoms with E-state index in [2.05, 4.69) is 25.9 Å². The van der Waals surface area contributed by atoms with E-state index in [4.69, 9.17) is 10.4 Å². The van der Waals surface area contributed by atoms with Crippen molar-refractivity contribution >= 4 is 17.2 Å². The quantitative estimate of drug-likeness (QED) is 0.662. The molecule has 0 unspecified atom stereocenters. The van der Waals surface area contributed by atoms with Gasteiger partial charge in [-0.1, -0.05) is 18.2 Å². The zero-order valence-electron chi connectivity index (χ0n) is 11.7. The van der Waals surface area contributed by atoms with Gasteiger partial charge >= 0.3 is 5.97 Å². The van der Waals surface area contributed by atoms with Crippen molar-refractivity contribution < 1.29 is 9.90 Å². The molecule has 1 aromatic carbocycles. The van der Waals surface area contributed by atoms with Crippen molar-refractivity contribution in [1.29, 1.82) is 5.26 Å². The Balaban J connectivity index is 2.09. The lowest BCUT2D eigenvalue weighted by atomic mass is 10.1. The molecule has 0 amide bonds. The number of nitriles is 1. The summed E-state index contributed by atoms with van der Waals surface area (Å²) in [4.78, 5) is 10.6. The Labute approximate surface area is 126 Å². The van der Waals surface area contributed by atoms with Crippen LogP contribution >= 0.6 is 0 Å². The predicted octanol–water partition coefficient (Wildman–Crippen LogP) is 1.58. The number of aromatic amines is 1. The van der Waals surface area contributed by atoms with E-state index in [1.165, 1.54) is 6.20 Å². The number of hydrogen-bond acceptors (Lipinski definition) is 6. The fraction of sp³-hybridized carbons (Fsp3) is 0.214. The molecule has 112 valence electrons. The Hall–Kier alpha value is -3.21. The highest BCUT2D eigenvalue weighted by Crippen LogP contribution is 2.18. The van der Waals surface area contributed by atoms with Crippen LogP contribution in [-0.2, 0) is 11.2 Å². The maximum atomic E-state index is 10.6. The Morgan fingerprint density at radius 1 is 1.45 bits per heavy atom. The van der Waals surface area contributed by atoms with Gasteiger partial charge in [-0.3, -0.25) is 4.79 Å². The Kier molecular flexibility index (Phi) is 5.20. The van der Waals surface area contributed by atoms with Crippen LogP contribution in [0.4, 0.5) is 5.69 Å². The molecule has 0 aliphatic carbocycles. The van der Waals surface area contributed by atoms with Crippen molar-refractivity contribution in [1.82, 2.24) is 20.6 Å². The largest absolute Gasteiger partial charge is 0.481 e. The molecule has 0 atom stereocenters. The third-order valence-electron chi connectivity index (χ3n) is 2.93. The smallest absolute Gasteiger partial charge is 0.303 e. The number of carboxylic acid groups (broad SMARTS) is 1. The number of hydrogen-bond donors (Lipinski definition) is 3. The van der Waals surface area contributed by atoms with Gasteiger partial charge in [0.1, 0.15) is 11.6 Å². The molecular formula is C14H14N6O2. The summed E-state index contributed by atoms with van der Waals surface area (Å²) in [6.45, 7) is 0. The Bertz CT molecular complexity index is 702. The first kappa shape index (κ1) is 15.2. The van der Waals surface area contributed by atoms with E-state index in [9.17, 15) is 4.79 Å². The average molecular weight is 298 g/mol. The lowest BCUT2D eigenvalue weighted by molar-refractivity contribution is -0.137. The molecule has 8 nitrogen and oxygen atoms in total. The van der Waals surface area contributed by atoms with Crippen molar-refractivity contribution in [2.45, 2.75) is 19.3 Å². The second-order valence-electron chi connectivity index (χ2n) is 4.45. The summed E-state index contributed by atoms with van der Waals surface area (Å²) in [6.07, 6.45) is 2.80. The Morgan fingerprint density at radius 3 is 2.95 bits per heavy atom. The highest BCUT2D eigenvalue weighted by molar-refractivity contribution is 5.74. The minimum absolute atomic E-state index is 0.122. The van der Waals surface area contributed by atoms with Gasteiger partial charge < -0.3 is 10.4 Å². The normalized spacial score (nSPS) is 11.0. The molecule has 0 aliphatic rings. The maximum Gasteiger partial charge on any atom is 0.303 e. The topological polar surface area (TPSA) is 128 Å². The molecule has 0 fully saturated rings. The first-order valence-electron chi connectivity index (χ1n) is 6.61. The lowest BCUT2D eigenvalue weighted by Gasteiger charge is -2.08. The van der Waals surface area contributed by atoms with E-state index in [1.54, 1.807) is 0 Å². The first-order chi connectivity index (χ1) is 10.7. The first-order valence-corrected chi connectivity index (χ1v) is 6.61. The molecule has 0 bridgehead atoms. The molecule has 0 saturated carbocycles. The molecule has 22 heavy (non-hydrogen) atoms. The summed E-state index contributed by atoms with van der Waals surface area (Å²) in [5.74, 6) is -0.604. The van der Waals surface area contributed by atoms with Gasteiger partial charge in [-0.15, -0.1) is 10.2 Å². The van der Waals surface area contributed by atoms with Crippen LogP contribution in [0.2, 0.25) is 0 Å². The van der Waals surface area contributed by atoms with Gasteiger partial charge in [-0.25, -0.2) is 0 Å². The molecular weight excluding hydrogens is 284 g/mol. The number of rotatable bonds is 7. The molecule has 0 radical (unpaired) electrons. The number of benzene rings is 1. The zero-order valence-corrected chi connectivity index (χ0v) is 11.7.